The third-order valence-electron chi connectivity index (χ3n) is 5.08. The van der Waals surface area contributed by atoms with E-state index in [1.54, 1.807) is 0 Å². The van der Waals surface area contributed by atoms with Gasteiger partial charge in [0.05, 0.1) is 0 Å². The first-order chi connectivity index (χ1) is 7.09. The van der Waals surface area contributed by atoms with Crippen LogP contribution in [0.4, 0.5) is 0 Å². The summed E-state index contributed by atoms with van der Waals surface area (Å²) in [4.78, 5) is 2.07. The molecule has 0 saturated heterocycles. The summed E-state index contributed by atoms with van der Waals surface area (Å²) in [6.45, 7) is 0. The van der Waals surface area contributed by atoms with Crippen LogP contribution in [0.1, 0.15) is 38.5 Å². The highest BCUT2D eigenvalue weighted by Crippen LogP contribution is 2.57. The van der Waals surface area contributed by atoms with Crippen molar-refractivity contribution in [1.29, 1.82) is 5.41 Å². The van der Waals surface area contributed by atoms with Crippen molar-refractivity contribution in [1.82, 2.24) is 4.90 Å². The summed E-state index contributed by atoms with van der Waals surface area (Å²) in [5, 5.41) is 7.64. The largest absolute Gasteiger partial charge is 0.370 e. The molecular weight excluding hydrogens is 186 g/mol. The summed E-state index contributed by atoms with van der Waals surface area (Å²) >= 11 is 0. The lowest BCUT2D eigenvalue weighted by molar-refractivity contribution is -0.0552. The van der Waals surface area contributed by atoms with Crippen LogP contribution in [0.5, 0.6) is 0 Å². The molecule has 0 spiro atoms. The summed E-state index contributed by atoms with van der Waals surface area (Å²) < 4.78 is 0. The standard InChI is InChI=1S/C12H21N3/c1-15(11(13)14)12-5-8-2-9(6-12)4-10(3-8)7-12/h8-10H,2-7H2,1H3,(H3,13,14). The van der Waals surface area contributed by atoms with Crippen LogP contribution in [-0.2, 0) is 0 Å². The zero-order valence-corrected chi connectivity index (χ0v) is 9.50. The van der Waals surface area contributed by atoms with Crippen LogP contribution in [-0.4, -0.2) is 23.4 Å². The van der Waals surface area contributed by atoms with Crippen molar-refractivity contribution in [3.8, 4) is 0 Å². The Kier molecular flexibility index (Phi) is 1.83. The average molecular weight is 207 g/mol. The van der Waals surface area contributed by atoms with E-state index in [0.717, 1.165) is 17.8 Å². The third-order valence-corrected chi connectivity index (χ3v) is 5.08. The molecule has 0 aliphatic heterocycles. The van der Waals surface area contributed by atoms with Crippen LogP contribution in [0.2, 0.25) is 0 Å². The second kappa shape index (κ2) is 2.89. The highest BCUT2D eigenvalue weighted by molar-refractivity contribution is 5.75. The van der Waals surface area contributed by atoms with Gasteiger partial charge in [-0.2, -0.15) is 0 Å². The lowest BCUT2D eigenvalue weighted by Crippen LogP contribution is -2.61. The first-order valence-electron chi connectivity index (χ1n) is 6.17. The van der Waals surface area contributed by atoms with Crippen molar-refractivity contribution >= 4 is 5.96 Å². The van der Waals surface area contributed by atoms with Gasteiger partial charge in [0.1, 0.15) is 0 Å². The maximum atomic E-state index is 7.64. The number of hydrogen-bond acceptors (Lipinski definition) is 1. The minimum atomic E-state index is 0.261. The molecule has 0 heterocycles. The SMILES string of the molecule is CN(C(=N)N)C12CC3CC(CC(C3)C1)C2. The summed E-state index contributed by atoms with van der Waals surface area (Å²) in [7, 11) is 2.02. The van der Waals surface area contributed by atoms with E-state index in [-0.39, 0.29) is 11.5 Å². The average Bonchev–Trinajstić information content (AvgIpc) is 2.14. The molecule has 0 aromatic heterocycles. The summed E-state index contributed by atoms with van der Waals surface area (Å²) in [6.07, 6.45) is 8.21. The Morgan fingerprint density at radius 2 is 1.53 bits per heavy atom. The van der Waals surface area contributed by atoms with Crippen molar-refractivity contribution in [3.05, 3.63) is 0 Å². The molecule has 3 nitrogen and oxygen atoms in total. The van der Waals surface area contributed by atoms with Gasteiger partial charge < -0.3 is 10.6 Å². The molecule has 4 rings (SSSR count). The number of hydrogen-bond donors (Lipinski definition) is 2. The summed E-state index contributed by atoms with van der Waals surface area (Å²) in [5.41, 5.74) is 5.93. The zero-order valence-electron chi connectivity index (χ0n) is 9.50. The van der Waals surface area contributed by atoms with Gasteiger partial charge >= 0.3 is 0 Å². The van der Waals surface area contributed by atoms with Crippen LogP contribution in [0.25, 0.3) is 0 Å². The number of nitrogens with zero attached hydrogens (tertiary/aromatic N) is 1. The number of guanidine groups is 1. The van der Waals surface area contributed by atoms with Gasteiger partial charge in [-0.1, -0.05) is 0 Å². The van der Waals surface area contributed by atoms with Crippen LogP contribution in [0.3, 0.4) is 0 Å². The molecule has 15 heavy (non-hydrogen) atoms. The molecule has 84 valence electrons. The summed E-state index contributed by atoms with van der Waals surface area (Å²) in [5.74, 6) is 3.05. The molecule has 4 aliphatic carbocycles. The lowest BCUT2D eigenvalue weighted by atomic mass is 9.52. The van der Waals surface area contributed by atoms with Gasteiger partial charge in [-0.05, 0) is 56.3 Å². The van der Waals surface area contributed by atoms with Crippen LogP contribution < -0.4 is 5.73 Å². The molecule has 0 unspecified atom stereocenters. The van der Waals surface area contributed by atoms with E-state index < -0.39 is 0 Å². The number of nitrogens with one attached hydrogen (secondary N) is 1. The number of rotatable bonds is 1. The molecule has 4 bridgehead atoms. The Morgan fingerprint density at radius 3 is 1.87 bits per heavy atom. The highest BCUT2D eigenvalue weighted by atomic mass is 15.3. The first kappa shape index (κ1) is 9.49. The Morgan fingerprint density at radius 1 is 1.13 bits per heavy atom. The van der Waals surface area contributed by atoms with Gasteiger partial charge in [0, 0.05) is 12.6 Å². The lowest BCUT2D eigenvalue weighted by Gasteiger charge is -2.59. The molecule has 0 radical (unpaired) electrons. The Bertz CT molecular complexity index is 262. The molecular formula is C12H21N3. The van der Waals surface area contributed by atoms with Crippen molar-refractivity contribution in [3.63, 3.8) is 0 Å². The van der Waals surface area contributed by atoms with Crippen LogP contribution >= 0.6 is 0 Å². The topological polar surface area (TPSA) is 53.1 Å². The molecule has 4 fully saturated rings. The van der Waals surface area contributed by atoms with E-state index in [9.17, 15) is 0 Å². The maximum absolute atomic E-state index is 7.64. The second-order valence-corrected chi connectivity index (χ2v) is 6.09. The van der Waals surface area contributed by atoms with Crippen LogP contribution in [0, 0.1) is 23.2 Å². The second-order valence-electron chi connectivity index (χ2n) is 6.09. The third kappa shape index (κ3) is 1.28. The van der Waals surface area contributed by atoms with E-state index >= 15 is 0 Å². The minimum Gasteiger partial charge on any atom is -0.370 e. The van der Waals surface area contributed by atoms with Crippen molar-refractivity contribution in [2.45, 2.75) is 44.1 Å². The minimum absolute atomic E-state index is 0.261. The Labute approximate surface area is 91.5 Å². The van der Waals surface area contributed by atoms with Crippen molar-refractivity contribution in [2.24, 2.45) is 23.5 Å². The predicted octanol–water partition coefficient (Wildman–Crippen LogP) is 1.78. The molecule has 0 atom stereocenters. The van der Waals surface area contributed by atoms with E-state index in [0.29, 0.717) is 0 Å². The monoisotopic (exact) mass is 207 g/mol. The van der Waals surface area contributed by atoms with Gasteiger partial charge in [-0.25, -0.2) is 0 Å². The van der Waals surface area contributed by atoms with E-state index in [4.69, 9.17) is 11.1 Å². The molecule has 0 amide bonds. The fraction of sp³-hybridized carbons (Fsp3) is 0.917. The predicted molar refractivity (Wildman–Crippen MR) is 60.6 cm³/mol. The zero-order chi connectivity index (χ0) is 10.6. The highest BCUT2D eigenvalue weighted by Gasteiger charge is 2.53. The Balaban J connectivity index is 1.89. The fourth-order valence-electron chi connectivity index (χ4n) is 4.73. The molecule has 0 aromatic rings. The molecule has 3 N–H and O–H groups in total. The first-order valence-corrected chi connectivity index (χ1v) is 6.17. The quantitative estimate of drug-likeness (QED) is 0.508. The maximum Gasteiger partial charge on any atom is 0.188 e. The fourth-order valence-corrected chi connectivity index (χ4v) is 4.73. The smallest absolute Gasteiger partial charge is 0.188 e. The van der Waals surface area contributed by atoms with E-state index in [1.807, 2.05) is 7.05 Å². The van der Waals surface area contributed by atoms with Crippen molar-refractivity contribution in [2.75, 3.05) is 7.05 Å². The van der Waals surface area contributed by atoms with E-state index in [2.05, 4.69) is 4.90 Å². The molecule has 4 saturated carbocycles. The van der Waals surface area contributed by atoms with E-state index in [1.165, 1.54) is 38.5 Å². The molecule has 0 aromatic carbocycles. The van der Waals surface area contributed by atoms with Gasteiger partial charge in [0.2, 0.25) is 0 Å². The molecule has 4 aliphatic rings. The van der Waals surface area contributed by atoms with Gasteiger partial charge in [0.15, 0.2) is 5.96 Å². The van der Waals surface area contributed by atoms with Gasteiger partial charge in [-0.3, -0.25) is 5.41 Å². The molecule has 3 heteroatoms. The van der Waals surface area contributed by atoms with Crippen LogP contribution in [0.15, 0.2) is 0 Å². The summed E-state index contributed by atoms with van der Waals surface area (Å²) in [6, 6.07) is 0. The van der Waals surface area contributed by atoms with Gasteiger partial charge in [0.25, 0.3) is 0 Å². The van der Waals surface area contributed by atoms with Gasteiger partial charge in [-0.15, -0.1) is 0 Å². The number of nitrogens with two attached hydrogens (primary N) is 1. The van der Waals surface area contributed by atoms with Crippen molar-refractivity contribution < 1.29 is 0 Å². The normalized spacial score (nSPS) is 46.9. The Hall–Kier alpha value is -0.730.